The number of aromatic nitrogens is 12. The van der Waals surface area contributed by atoms with E-state index in [0.717, 1.165) is 50.7 Å². The predicted octanol–water partition coefficient (Wildman–Crippen LogP) is 1.75. The van der Waals surface area contributed by atoms with Crippen LogP contribution in [0.25, 0.3) is 30.6 Å². The fraction of sp³-hybridized carbons (Fsp3) is 0.386. The zero-order valence-corrected chi connectivity index (χ0v) is 81.5. The number of hydrogen-bond donors (Lipinski definition) is 11. The number of carboxylic acid groups (broad SMARTS) is 2. The SMILES string of the molecule is CC(C)[C@@H](C(=O)N[C@@H](COCc1cccc(OCCO)c1)C(=O)O)n1cc(COc2ccc3nc(S(N)(=O)=O)sc3c2)nn1.CC(C)[C@@H](C(=O)O)n1cc(COc2ccc3nc(S(N)(=O)=O)sc3c2)nn1.COC(=O)[C@@H](N)COCc1cccc(OCCO)c1.COC(=O)[C@H](COCc1cccc(OCCO)c1)NC(=O)[C@H](C(C)C)n1cc(COc2ccc3nc(S(N)(=O)=O)sc3c2)nn1.Cl.[Li+].[OH-]. The number of methoxy groups -OCH3 is 2. The topological polar surface area (TPSA) is 696 Å². The third-order valence-electron chi connectivity index (χ3n) is 18.5. The number of nitrogens with two attached hydrogens (primary N) is 4. The molecule has 6 aromatic heterocycles. The second kappa shape index (κ2) is 55.2. The van der Waals surface area contributed by atoms with Gasteiger partial charge in [-0.05, 0) is 125 Å². The number of benzene rings is 6. The number of amides is 2. The molecular weight excluding hydrogens is 1950 g/mol. The van der Waals surface area contributed by atoms with Gasteiger partial charge in [0.1, 0.15) is 109 Å². The molecule has 744 valence electrons. The standard InChI is InChI=1S/C28H34N6O9S2.C27H32N6O9S2.C15H17N5O5S2.C13H19NO5.ClH.Li.H2O/c1-17(2)25(26(36)30-23(27(37)40-3)16-41-14-18-5-4-6-20(11-18)42-10-9-35)34-13-19(32-33-34)15-43-21-7-8-22-24(12-21)44-28(31-22)45(29,38)39;1-16(2)24(25(35)29-22(26(36)37)15-40-13-17-4-3-5-19(10-17)41-9-8-34)33-12-18(31-32-33)14-42-20-6-7-21-23(11-20)43-27(30-21)44(28,38)39;1-8(2)13(14(21)22)20-6-9(18-19-20)7-25-10-3-4-11-12(5-10)26-15(17-11)27(16,23)24;1-17-13(16)12(14)9-18-8-10-3-2-4-11(7-10)19-6-5-15;;;/h4-8,11-13,17,23,25,35H,9-10,14-16H2,1-3H3,(H,30,36)(H2,29,38,39);3-7,10-12,16,22,24,34H,8-9,13-15H2,1-2H3,(H,29,35)(H,36,37)(H2,28,38,39);3-6,8,13H,7H2,1-2H3,(H,21,22)(H2,16,23,24);2-4,7,12,15H,5-6,8-9,14H2,1H3;1H;;1H2/q;;;;;+1;/p-1/t23-,25-;22-,24-;13-;12-;;;/m0000.../s1. The fourth-order valence-electron chi connectivity index (χ4n) is 12.2. The van der Waals surface area contributed by atoms with Crippen LogP contribution in [0.5, 0.6) is 34.5 Å². The summed E-state index contributed by atoms with van der Waals surface area (Å²) in [5.74, 6) is -2.00. The molecule has 12 aromatic rings. The van der Waals surface area contributed by atoms with Gasteiger partial charge < -0.3 is 99.5 Å². The molecule has 138 heavy (non-hydrogen) atoms. The van der Waals surface area contributed by atoms with Crippen molar-refractivity contribution in [1.29, 1.82) is 0 Å². The van der Waals surface area contributed by atoms with Crippen molar-refractivity contribution < 1.29 is 156 Å². The molecule has 0 saturated heterocycles. The Morgan fingerprint density at radius 2 is 0.717 bits per heavy atom. The number of sulfonamides is 3. The number of hydrogen-bond acceptors (Lipinski definition) is 40. The van der Waals surface area contributed by atoms with Gasteiger partial charge in [0, 0.05) is 0 Å². The van der Waals surface area contributed by atoms with Gasteiger partial charge in [0.2, 0.25) is 24.8 Å². The van der Waals surface area contributed by atoms with Crippen molar-refractivity contribution in [2.24, 2.45) is 38.9 Å². The average Bonchev–Trinajstić information content (AvgIpc) is 1.66. The molecule has 0 unspecified atom stereocenters. The van der Waals surface area contributed by atoms with Gasteiger partial charge in [-0.3, -0.25) is 14.4 Å². The maximum absolute atomic E-state index is 13.4. The van der Waals surface area contributed by atoms with E-state index in [2.05, 4.69) is 61.3 Å². The molecular formula is C83H104ClLiN18O29S6. The molecule has 0 radical (unpaired) electrons. The van der Waals surface area contributed by atoms with E-state index in [1.165, 1.54) is 40.7 Å². The Morgan fingerprint density at radius 1 is 0.413 bits per heavy atom. The minimum absolute atomic E-state index is 0. The van der Waals surface area contributed by atoms with Crippen LogP contribution in [0.1, 0.15) is 93.4 Å². The molecule has 0 bridgehead atoms. The molecule has 55 heteroatoms. The first-order chi connectivity index (χ1) is 64.2. The average molecular weight is 2050 g/mol. The van der Waals surface area contributed by atoms with Crippen molar-refractivity contribution in [3.63, 3.8) is 0 Å². The number of fused-ring (bicyclic) bond motifs is 3. The molecule has 6 atom stereocenters. The number of halogens is 1. The Hall–Kier alpha value is -11.7. The van der Waals surface area contributed by atoms with Crippen LogP contribution in [-0.2, 0) is 122 Å². The van der Waals surface area contributed by atoms with Crippen molar-refractivity contribution in [2.45, 2.75) is 130 Å². The zero-order chi connectivity index (χ0) is 98.3. The van der Waals surface area contributed by atoms with E-state index in [1.54, 1.807) is 143 Å². The maximum Gasteiger partial charge on any atom is 1.00 e. The Morgan fingerprint density at radius 3 is 1.01 bits per heavy atom. The van der Waals surface area contributed by atoms with Crippen LogP contribution in [0.15, 0.2) is 159 Å². The Kier molecular flexibility index (Phi) is 46.0. The molecule has 47 nitrogen and oxygen atoms in total. The van der Waals surface area contributed by atoms with E-state index in [9.17, 15) is 64.2 Å². The summed E-state index contributed by atoms with van der Waals surface area (Å²) in [5.41, 5.74) is 10.7. The molecule has 6 heterocycles. The first-order valence-electron chi connectivity index (χ1n) is 40.8. The summed E-state index contributed by atoms with van der Waals surface area (Å²) < 4.78 is 134. The van der Waals surface area contributed by atoms with Crippen molar-refractivity contribution in [1.82, 2.24) is 70.6 Å². The number of nitrogens with zero attached hydrogens (tertiary/aromatic N) is 12. The monoisotopic (exact) mass is 2050 g/mol. The number of nitrogens with one attached hydrogen (secondary N) is 2. The summed E-state index contributed by atoms with van der Waals surface area (Å²) in [6.45, 7) is 11.4. The summed E-state index contributed by atoms with van der Waals surface area (Å²) in [5, 5.41) is 90.4. The van der Waals surface area contributed by atoms with E-state index < -0.39 is 102 Å². The minimum atomic E-state index is -3.92. The number of rotatable bonds is 47. The van der Waals surface area contributed by atoms with Crippen molar-refractivity contribution in [2.75, 3.05) is 73.7 Å². The maximum atomic E-state index is 13.4. The first kappa shape index (κ1) is 115. The van der Waals surface area contributed by atoms with E-state index >= 15 is 0 Å². The first-order valence-corrected chi connectivity index (χ1v) is 47.9. The number of carbonyl (C=O) groups excluding carboxylic acids is 4. The Balaban J connectivity index is 0.000000294. The molecule has 0 aliphatic rings. The molecule has 16 N–H and O–H groups in total. The number of ether oxygens (including phenoxy) is 11. The second-order valence-corrected chi connectivity index (χ2v) is 38.4. The fourth-order valence-corrected chi connectivity index (χ4v) is 17.3. The van der Waals surface area contributed by atoms with Crippen LogP contribution in [0.4, 0.5) is 0 Å². The van der Waals surface area contributed by atoms with Crippen LogP contribution in [0.2, 0.25) is 0 Å². The molecule has 0 aliphatic carbocycles. The van der Waals surface area contributed by atoms with E-state index in [1.807, 2.05) is 32.0 Å². The van der Waals surface area contributed by atoms with E-state index in [-0.39, 0.29) is 160 Å². The van der Waals surface area contributed by atoms with Crippen LogP contribution >= 0.6 is 46.4 Å². The Bertz CT molecular complexity index is 6350. The normalized spacial score (nSPS) is 12.7. The summed E-state index contributed by atoms with van der Waals surface area (Å²) in [7, 11) is -9.19. The van der Waals surface area contributed by atoms with E-state index in [4.69, 9.17) is 83.8 Å². The van der Waals surface area contributed by atoms with Crippen LogP contribution in [0.3, 0.4) is 0 Å². The van der Waals surface area contributed by atoms with Gasteiger partial charge >= 0.3 is 42.7 Å². The summed E-state index contributed by atoms with van der Waals surface area (Å²) in [6, 6.07) is 30.4. The molecule has 0 aliphatic heterocycles. The van der Waals surface area contributed by atoms with Crippen LogP contribution in [0, 0.1) is 17.8 Å². The molecule has 0 saturated carbocycles. The largest absolute Gasteiger partial charge is 1.00 e. The van der Waals surface area contributed by atoms with Gasteiger partial charge in [-0.2, -0.15) is 0 Å². The van der Waals surface area contributed by atoms with Gasteiger partial charge in [-0.25, -0.2) is 84.1 Å². The number of aliphatic hydroxyl groups excluding tert-OH is 3. The van der Waals surface area contributed by atoms with Gasteiger partial charge in [0.05, 0.1) is 123 Å². The molecule has 0 fully saturated rings. The molecule has 0 spiro atoms. The molecule has 12 rings (SSSR count). The number of primary sulfonamides is 3. The zero-order valence-electron chi connectivity index (χ0n) is 75.8. The van der Waals surface area contributed by atoms with Gasteiger partial charge in [0.15, 0.2) is 18.1 Å². The molecule has 2 amide bonds. The van der Waals surface area contributed by atoms with Gasteiger partial charge in [-0.15, -0.1) is 61.7 Å². The van der Waals surface area contributed by atoms with Crippen molar-refractivity contribution >= 4 is 143 Å². The smallest absolute Gasteiger partial charge is 0.870 e. The van der Waals surface area contributed by atoms with Crippen LogP contribution in [-0.4, -0.2) is 244 Å². The van der Waals surface area contributed by atoms with Gasteiger partial charge in [0.25, 0.3) is 30.1 Å². The van der Waals surface area contributed by atoms with E-state index in [0.29, 0.717) is 88.8 Å². The quantitative estimate of drug-likeness (QED) is 0.0191. The number of aliphatic hydroxyl groups is 3. The van der Waals surface area contributed by atoms with Crippen molar-refractivity contribution in [3.05, 3.63) is 180 Å². The van der Waals surface area contributed by atoms with Crippen molar-refractivity contribution in [3.8, 4) is 34.5 Å². The third kappa shape index (κ3) is 35.3. The number of carbonyl (C=O) groups is 6. The predicted molar refractivity (Wildman–Crippen MR) is 494 cm³/mol. The number of esters is 2. The Labute approximate surface area is 821 Å². The number of thiazole rings is 3. The summed E-state index contributed by atoms with van der Waals surface area (Å²) in [4.78, 5) is 85.4. The van der Waals surface area contributed by atoms with Gasteiger partial charge in [-0.1, -0.05) is 93.6 Å². The minimum Gasteiger partial charge on any atom is -0.870 e. The molecule has 6 aromatic carbocycles. The number of carboxylic acids is 2. The van der Waals surface area contributed by atoms with Crippen LogP contribution < -0.4 is 79.1 Å². The summed E-state index contributed by atoms with van der Waals surface area (Å²) >= 11 is 2.81. The third-order valence-corrected chi connectivity index (χ3v) is 25.5. The number of aliphatic carboxylic acids is 2. The summed E-state index contributed by atoms with van der Waals surface area (Å²) in [6.07, 6.45) is 4.64. The second-order valence-electron chi connectivity index (χ2n) is 30.1.